The molecule has 8 nitrogen and oxygen atoms in total. The Kier molecular flexibility index (Phi) is 9.41. The fourth-order valence-electron chi connectivity index (χ4n) is 4.92. The number of aliphatic hydroxyl groups is 2. The number of aliphatic hydroxyl groups excluding tert-OH is 2. The summed E-state index contributed by atoms with van der Waals surface area (Å²) in [6.45, 7) is 0.773. The van der Waals surface area contributed by atoms with E-state index < -0.39 is 11.0 Å². The van der Waals surface area contributed by atoms with Crippen LogP contribution in [0, 0.1) is 10.1 Å². The Balaban J connectivity index is 1.32. The van der Waals surface area contributed by atoms with Gasteiger partial charge in [0.15, 0.2) is 0 Å². The molecule has 1 aromatic heterocycles. The molecule has 0 saturated carbocycles. The SMILES string of the molecule is O=[N+]([O-])c1ccc2c(Oc3ccc(C[C@@H](CO)N(Cc4ccccc4)C[C@@H](O)c4cccc(Cl)c4)cc3)ccnc2c1. The summed E-state index contributed by atoms with van der Waals surface area (Å²) in [5.41, 5.74) is 3.23. The van der Waals surface area contributed by atoms with Gasteiger partial charge in [0.2, 0.25) is 0 Å². The standard InChI is InChI=1S/C33H30ClN3O5/c34-26-8-4-7-25(18-26)32(39)21-36(20-24-5-2-1-3-6-24)28(22-38)17-23-9-12-29(13-10-23)42-33-15-16-35-31-19-27(37(40)41)11-14-30(31)33/h1-16,18-19,28,32,38-39H,17,20-22H2/t28-,32+/m0/s1. The van der Waals surface area contributed by atoms with E-state index in [0.29, 0.717) is 46.9 Å². The van der Waals surface area contributed by atoms with Crippen molar-refractivity contribution in [2.24, 2.45) is 0 Å². The largest absolute Gasteiger partial charge is 0.457 e. The first-order valence-electron chi connectivity index (χ1n) is 13.5. The average Bonchev–Trinajstić information content (AvgIpc) is 3.00. The minimum atomic E-state index is -0.783. The van der Waals surface area contributed by atoms with Gasteiger partial charge in [0.25, 0.3) is 5.69 Å². The zero-order valence-electron chi connectivity index (χ0n) is 22.7. The Morgan fingerprint density at radius 1 is 0.929 bits per heavy atom. The fraction of sp³-hybridized carbons (Fsp3) is 0.182. The number of nitrogens with zero attached hydrogens (tertiary/aromatic N) is 3. The Labute approximate surface area is 248 Å². The number of benzene rings is 4. The van der Waals surface area contributed by atoms with Crippen LogP contribution in [0.3, 0.4) is 0 Å². The third kappa shape index (κ3) is 7.29. The molecule has 0 saturated heterocycles. The van der Waals surface area contributed by atoms with Crippen molar-refractivity contribution >= 4 is 28.2 Å². The Hall–Kier alpha value is -4.34. The minimum absolute atomic E-state index is 0.0312. The van der Waals surface area contributed by atoms with Crippen molar-refractivity contribution in [1.29, 1.82) is 0 Å². The summed E-state index contributed by atoms with van der Waals surface area (Å²) in [7, 11) is 0. The van der Waals surface area contributed by atoms with Gasteiger partial charge in [0.1, 0.15) is 11.5 Å². The molecular formula is C33H30ClN3O5. The highest BCUT2D eigenvalue weighted by Crippen LogP contribution is 2.31. The first kappa shape index (κ1) is 29.2. The molecule has 0 spiro atoms. The lowest BCUT2D eigenvalue weighted by molar-refractivity contribution is -0.384. The van der Waals surface area contributed by atoms with Crippen LogP contribution < -0.4 is 4.74 Å². The van der Waals surface area contributed by atoms with Gasteiger partial charge in [0.05, 0.1) is 23.2 Å². The normalized spacial score (nSPS) is 12.8. The van der Waals surface area contributed by atoms with Gasteiger partial charge in [-0.15, -0.1) is 0 Å². The number of nitro benzene ring substituents is 1. The molecular weight excluding hydrogens is 554 g/mol. The first-order chi connectivity index (χ1) is 20.4. The van der Waals surface area contributed by atoms with E-state index >= 15 is 0 Å². The number of non-ortho nitro benzene ring substituents is 1. The smallest absolute Gasteiger partial charge is 0.271 e. The lowest BCUT2D eigenvalue weighted by Gasteiger charge is -2.32. The van der Waals surface area contributed by atoms with Crippen molar-refractivity contribution in [2.75, 3.05) is 13.2 Å². The maximum atomic E-state index is 11.1. The summed E-state index contributed by atoms with van der Waals surface area (Å²) in [4.78, 5) is 17.0. The van der Waals surface area contributed by atoms with E-state index in [0.717, 1.165) is 16.7 Å². The predicted molar refractivity (Wildman–Crippen MR) is 163 cm³/mol. The molecule has 214 valence electrons. The second-order valence-electron chi connectivity index (χ2n) is 10.0. The molecule has 4 aromatic carbocycles. The van der Waals surface area contributed by atoms with Crippen LogP contribution >= 0.6 is 11.6 Å². The summed E-state index contributed by atoms with van der Waals surface area (Å²) >= 11 is 6.16. The fourth-order valence-corrected chi connectivity index (χ4v) is 5.12. The Bertz CT molecular complexity index is 1650. The van der Waals surface area contributed by atoms with Crippen LogP contribution in [0.2, 0.25) is 5.02 Å². The van der Waals surface area contributed by atoms with Gasteiger partial charge in [-0.05, 0) is 59.5 Å². The molecule has 42 heavy (non-hydrogen) atoms. The molecule has 5 aromatic rings. The third-order valence-electron chi connectivity index (χ3n) is 7.12. The molecule has 2 N–H and O–H groups in total. The molecule has 0 fully saturated rings. The topological polar surface area (TPSA) is 109 Å². The van der Waals surface area contributed by atoms with Crippen LogP contribution in [-0.2, 0) is 13.0 Å². The number of nitro groups is 1. The van der Waals surface area contributed by atoms with Gasteiger partial charge in [-0.25, -0.2) is 0 Å². The van der Waals surface area contributed by atoms with Crippen molar-refractivity contribution in [3.63, 3.8) is 0 Å². The van der Waals surface area contributed by atoms with Gasteiger partial charge in [0, 0.05) is 47.9 Å². The van der Waals surface area contributed by atoms with Gasteiger partial charge in [-0.2, -0.15) is 0 Å². The van der Waals surface area contributed by atoms with Crippen molar-refractivity contribution in [2.45, 2.75) is 25.1 Å². The Morgan fingerprint density at radius 2 is 1.71 bits per heavy atom. The third-order valence-corrected chi connectivity index (χ3v) is 7.35. The van der Waals surface area contributed by atoms with Crippen LogP contribution in [0.15, 0.2) is 109 Å². The number of hydrogen-bond donors (Lipinski definition) is 2. The number of aromatic nitrogens is 1. The number of rotatable bonds is 12. The lowest BCUT2D eigenvalue weighted by atomic mass is 10.0. The quantitative estimate of drug-likeness (QED) is 0.124. The maximum absolute atomic E-state index is 11.1. The zero-order chi connectivity index (χ0) is 29.5. The highest BCUT2D eigenvalue weighted by Gasteiger charge is 2.23. The van der Waals surface area contributed by atoms with E-state index in [1.54, 1.807) is 30.5 Å². The number of hydrogen-bond acceptors (Lipinski definition) is 7. The van der Waals surface area contributed by atoms with Crippen LogP contribution in [0.1, 0.15) is 22.8 Å². The second kappa shape index (κ2) is 13.5. The van der Waals surface area contributed by atoms with Gasteiger partial charge < -0.3 is 14.9 Å². The highest BCUT2D eigenvalue weighted by molar-refractivity contribution is 6.30. The van der Waals surface area contributed by atoms with Gasteiger partial charge in [-0.1, -0.05) is 66.2 Å². The van der Waals surface area contributed by atoms with E-state index in [2.05, 4.69) is 9.88 Å². The number of ether oxygens (including phenoxy) is 1. The van der Waals surface area contributed by atoms with E-state index in [1.807, 2.05) is 66.7 Å². The van der Waals surface area contributed by atoms with Gasteiger partial charge >= 0.3 is 0 Å². The molecule has 0 amide bonds. The van der Waals surface area contributed by atoms with Crippen molar-refractivity contribution in [1.82, 2.24) is 9.88 Å². The second-order valence-corrected chi connectivity index (χ2v) is 10.5. The molecule has 0 unspecified atom stereocenters. The molecule has 0 radical (unpaired) electrons. The lowest BCUT2D eigenvalue weighted by Crippen LogP contribution is -2.41. The monoisotopic (exact) mass is 583 g/mol. The molecule has 0 aliphatic rings. The van der Waals surface area contributed by atoms with Crippen LogP contribution in [0.25, 0.3) is 10.9 Å². The summed E-state index contributed by atoms with van der Waals surface area (Å²) < 4.78 is 6.10. The summed E-state index contributed by atoms with van der Waals surface area (Å²) in [6, 6.07) is 30.7. The minimum Gasteiger partial charge on any atom is -0.457 e. The molecule has 9 heteroatoms. The van der Waals surface area contributed by atoms with Gasteiger partial charge in [-0.3, -0.25) is 20.0 Å². The number of pyridine rings is 1. The van der Waals surface area contributed by atoms with Crippen LogP contribution in [0.5, 0.6) is 11.5 Å². The molecule has 5 rings (SSSR count). The molecule has 2 atom stereocenters. The molecule has 0 aliphatic carbocycles. The number of fused-ring (bicyclic) bond motifs is 1. The summed E-state index contributed by atoms with van der Waals surface area (Å²) in [6.07, 6.45) is 1.32. The van der Waals surface area contributed by atoms with Crippen LogP contribution in [-0.4, -0.2) is 44.2 Å². The molecule has 0 bridgehead atoms. The summed E-state index contributed by atoms with van der Waals surface area (Å²) in [5.74, 6) is 1.14. The van der Waals surface area contributed by atoms with E-state index in [1.165, 1.54) is 12.1 Å². The summed E-state index contributed by atoms with van der Waals surface area (Å²) in [5, 5.41) is 33.9. The maximum Gasteiger partial charge on any atom is 0.271 e. The van der Waals surface area contributed by atoms with Crippen molar-refractivity contribution in [3.05, 3.63) is 141 Å². The molecule has 0 aliphatic heterocycles. The first-order valence-corrected chi connectivity index (χ1v) is 13.9. The van der Waals surface area contributed by atoms with E-state index in [-0.39, 0.29) is 18.3 Å². The Morgan fingerprint density at radius 3 is 2.43 bits per heavy atom. The number of halogens is 1. The highest BCUT2D eigenvalue weighted by atomic mass is 35.5. The van der Waals surface area contributed by atoms with E-state index in [9.17, 15) is 20.3 Å². The zero-order valence-corrected chi connectivity index (χ0v) is 23.5. The predicted octanol–water partition coefficient (Wildman–Crippen LogP) is 6.73. The average molecular weight is 584 g/mol. The van der Waals surface area contributed by atoms with Crippen molar-refractivity contribution < 1.29 is 19.9 Å². The van der Waals surface area contributed by atoms with Crippen LogP contribution in [0.4, 0.5) is 5.69 Å². The van der Waals surface area contributed by atoms with Crippen molar-refractivity contribution in [3.8, 4) is 11.5 Å². The molecule has 1 heterocycles. The van der Waals surface area contributed by atoms with E-state index in [4.69, 9.17) is 16.3 Å².